The van der Waals surface area contributed by atoms with Gasteiger partial charge >= 0.3 is 5.97 Å². The number of esters is 1. The molecule has 0 aliphatic heterocycles. The molecule has 0 atom stereocenters. The van der Waals surface area contributed by atoms with Crippen molar-refractivity contribution in [2.45, 2.75) is 19.8 Å². The van der Waals surface area contributed by atoms with Crippen molar-refractivity contribution < 1.29 is 18.7 Å². The highest BCUT2D eigenvalue weighted by atomic mass is 16.5. The first-order chi connectivity index (χ1) is 13.2. The molecule has 0 N–H and O–H groups in total. The van der Waals surface area contributed by atoms with Gasteiger partial charge in [-0.25, -0.2) is 4.79 Å². The minimum absolute atomic E-state index is 0.167. The van der Waals surface area contributed by atoms with Crippen LogP contribution in [0.5, 0.6) is 0 Å². The summed E-state index contributed by atoms with van der Waals surface area (Å²) in [5, 5.41) is 1.84. The molecule has 4 aromatic rings. The van der Waals surface area contributed by atoms with Crippen LogP contribution in [0.2, 0.25) is 0 Å². The Hall–Kier alpha value is -3.34. The number of aryl methyl sites for hydroxylation is 1. The molecule has 0 bridgehead atoms. The van der Waals surface area contributed by atoms with Gasteiger partial charge in [0.05, 0.1) is 12.1 Å². The lowest BCUT2D eigenvalue weighted by Crippen LogP contribution is -2.19. The quantitative estimate of drug-likeness (QED) is 0.477. The third-order valence-corrected chi connectivity index (χ3v) is 4.51. The third kappa shape index (κ3) is 3.24. The Morgan fingerprint density at radius 1 is 1.00 bits per heavy atom. The van der Waals surface area contributed by atoms with Crippen LogP contribution < -0.4 is 0 Å². The van der Waals surface area contributed by atoms with Crippen LogP contribution in [0.3, 0.4) is 0 Å². The van der Waals surface area contributed by atoms with Gasteiger partial charge in [-0.3, -0.25) is 9.36 Å². The number of rotatable bonds is 5. The number of hydrogen-bond acceptors (Lipinski definition) is 4. The number of ether oxygens (including phenoxy) is 1. The van der Waals surface area contributed by atoms with Crippen molar-refractivity contribution in [1.82, 2.24) is 4.57 Å². The molecular weight excluding hydrogens is 342 g/mol. The van der Waals surface area contributed by atoms with E-state index in [9.17, 15) is 9.59 Å². The lowest BCUT2D eigenvalue weighted by molar-refractivity contribution is 0.0509. The van der Waals surface area contributed by atoms with Gasteiger partial charge in [0.15, 0.2) is 0 Å². The second-order valence-electron chi connectivity index (χ2n) is 6.29. The Labute approximate surface area is 156 Å². The summed E-state index contributed by atoms with van der Waals surface area (Å²) in [4.78, 5) is 25.3. The molecule has 0 amide bonds. The van der Waals surface area contributed by atoms with Crippen molar-refractivity contribution in [2.24, 2.45) is 0 Å². The number of nitrogens with zero attached hydrogens (tertiary/aromatic N) is 1. The van der Waals surface area contributed by atoms with E-state index in [0.717, 1.165) is 22.1 Å². The van der Waals surface area contributed by atoms with Gasteiger partial charge in [0.25, 0.3) is 0 Å². The largest absolute Gasteiger partial charge is 0.461 e. The molecule has 0 saturated heterocycles. The monoisotopic (exact) mass is 361 g/mol. The van der Waals surface area contributed by atoms with Crippen molar-refractivity contribution in [3.8, 4) is 0 Å². The summed E-state index contributed by atoms with van der Waals surface area (Å²) in [5.74, 6) is 0.0872. The summed E-state index contributed by atoms with van der Waals surface area (Å²) in [7, 11) is 0. The first-order valence-electron chi connectivity index (χ1n) is 8.95. The summed E-state index contributed by atoms with van der Waals surface area (Å²) in [6.45, 7) is 2.00. The highest BCUT2D eigenvalue weighted by Gasteiger charge is 2.21. The number of carbonyl (C=O) groups is 2. The van der Waals surface area contributed by atoms with Gasteiger partial charge in [-0.2, -0.15) is 0 Å². The first kappa shape index (κ1) is 17.1. The van der Waals surface area contributed by atoms with Gasteiger partial charge < -0.3 is 9.15 Å². The van der Waals surface area contributed by atoms with Gasteiger partial charge in [0.2, 0.25) is 5.91 Å². The fourth-order valence-electron chi connectivity index (χ4n) is 3.28. The average Bonchev–Trinajstić information content (AvgIpc) is 3.27. The minimum atomic E-state index is -0.495. The Morgan fingerprint density at radius 3 is 2.52 bits per heavy atom. The Balaban J connectivity index is 1.63. The molecular formula is C22H19NO4. The lowest BCUT2D eigenvalue weighted by Gasteiger charge is -2.08. The second kappa shape index (κ2) is 7.11. The zero-order valence-electron chi connectivity index (χ0n) is 15.0. The number of furan rings is 1. The number of benzene rings is 2. The molecule has 136 valence electrons. The zero-order chi connectivity index (χ0) is 18.8. The molecule has 0 saturated carbocycles. The maximum absolute atomic E-state index is 13.0. The molecule has 0 aliphatic carbocycles. The molecule has 0 fully saturated rings. The summed E-state index contributed by atoms with van der Waals surface area (Å²) >= 11 is 0. The van der Waals surface area contributed by atoms with Crippen molar-refractivity contribution in [3.63, 3.8) is 0 Å². The number of para-hydroxylation sites is 2. The van der Waals surface area contributed by atoms with Crippen molar-refractivity contribution in [1.29, 1.82) is 0 Å². The molecule has 0 radical (unpaired) electrons. The molecule has 2 aromatic heterocycles. The van der Waals surface area contributed by atoms with Crippen LogP contribution in [0.1, 0.15) is 34.4 Å². The summed E-state index contributed by atoms with van der Waals surface area (Å²) < 4.78 is 12.4. The highest BCUT2D eigenvalue weighted by molar-refractivity contribution is 6.03. The average molecular weight is 361 g/mol. The summed E-state index contributed by atoms with van der Waals surface area (Å²) in [5.41, 5.74) is 1.77. The minimum Gasteiger partial charge on any atom is -0.461 e. The van der Waals surface area contributed by atoms with Crippen molar-refractivity contribution >= 4 is 33.7 Å². The maximum Gasteiger partial charge on any atom is 0.355 e. The SMILES string of the molecule is CCOC(=O)c1cc2ccccc2n1C(=O)CCc1cc2ccccc2o1. The van der Waals surface area contributed by atoms with Crippen molar-refractivity contribution in [3.05, 3.63) is 72.1 Å². The van der Waals surface area contributed by atoms with E-state index < -0.39 is 5.97 Å². The zero-order valence-corrected chi connectivity index (χ0v) is 15.0. The molecule has 2 heterocycles. The van der Waals surface area contributed by atoms with E-state index >= 15 is 0 Å². The van der Waals surface area contributed by atoms with Crippen LogP contribution in [0.15, 0.2) is 65.1 Å². The van der Waals surface area contributed by atoms with Crippen LogP contribution in [0, 0.1) is 0 Å². The van der Waals surface area contributed by atoms with Gasteiger partial charge in [-0.15, -0.1) is 0 Å². The predicted molar refractivity (Wildman–Crippen MR) is 103 cm³/mol. The fraction of sp³-hybridized carbons (Fsp3) is 0.182. The fourth-order valence-corrected chi connectivity index (χ4v) is 3.28. The Kier molecular flexibility index (Phi) is 4.50. The maximum atomic E-state index is 13.0. The third-order valence-electron chi connectivity index (χ3n) is 4.51. The van der Waals surface area contributed by atoms with Crippen LogP contribution in [-0.2, 0) is 11.2 Å². The van der Waals surface area contributed by atoms with Gasteiger partial charge in [-0.1, -0.05) is 36.4 Å². The first-order valence-corrected chi connectivity index (χ1v) is 8.95. The van der Waals surface area contributed by atoms with Crippen LogP contribution in [-0.4, -0.2) is 23.1 Å². The van der Waals surface area contributed by atoms with E-state index in [0.29, 0.717) is 11.9 Å². The van der Waals surface area contributed by atoms with E-state index in [-0.39, 0.29) is 24.6 Å². The second-order valence-corrected chi connectivity index (χ2v) is 6.29. The number of carbonyl (C=O) groups excluding carboxylic acids is 2. The number of fused-ring (bicyclic) bond motifs is 2. The molecule has 5 heteroatoms. The van der Waals surface area contributed by atoms with E-state index in [1.165, 1.54) is 4.57 Å². The van der Waals surface area contributed by atoms with E-state index in [2.05, 4.69) is 0 Å². The molecule has 0 aliphatic rings. The number of aromatic nitrogens is 1. The van der Waals surface area contributed by atoms with Crippen molar-refractivity contribution in [2.75, 3.05) is 6.61 Å². The Morgan fingerprint density at radius 2 is 1.74 bits per heavy atom. The standard InChI is InChI=1S/C22H19NO4/c1-2-26-22(25)19-14-15-7-3-5-9-18(15)23(19)21(24)12-11-17-13-16-8-4-6-10-20(16)27-17/h3-10,13-14H,2,11-12H2,1H3. The van der Waals surface area contributed by atoms with E-state index in [1.807, 2.05) is 54.6 Å². The van der Waals surface area contributed by atoms with Gasteiger partial charge in [0, 0.05) is 23.6 Å². The molecule has 2 aromatic carbocycles. The van der Waals surface area contributed by atoms with E-state index in [1.54, 1.807) is 13.0 Å². The van der Waals surface area contributed by atoms with Crippen LogP contribution >= 0.6 is 0 Å². The smallest absolute Gasteiger partial charge is 0.355 e. The Bertz CT molecular complexity index is 1100. The predicted octanol–water partition coefficient (Wildman–Crippen LogP) is 4.84. The molecule has 0 unspecified atom stereocenters. The number of hydrogen-bond donors (Lipinski definition) is 0. The van der Waals surface area contributed by atoms with E-state index in [4.69, 9.17) is 9.15 Å². The summed E-state index contributed by atoms with van der Waals surface area (Å²) in [6, 6.07) is 18.8. The van der Waals surface area contributed by atoms with Crippen LogP contribution in [0.25, 0.3) is 21.9 Å². The van der Waals surface area contributed by atoms with Gasteiger partial charge in [0.1, 0.15) is 17.0 Å². The molecule has 4 rings (SSSR count). The highest BCUT2D eigenvalue weighted by Crippen LogP contribution is 2.23. The topological polar surface area (TPSA) is 61.4 Å². The van der Waals surface area contributed by atoms with Gasteiger partial charge in [-0.05, 0) is 31.2 Å². The lowest BCUT2D eigenvalue weighted by atomic mass is 10.2. The molecule has 27 heavy (non-hydrogen) atoms. The normalized spacial score (nSPS) is 11.1. The molecule has 5 nitrogen and oxygen atoms in total. The van der Waals surface area contributed by atoms with Crippen LogP contribution in [0.4, 0.5) is 0 Å². The summed E-state index contributed by atoms with van der Waals surface area (Å²) in [6.07, 6.45) is 0.688. The molecule has 0 spiro atoms.